The number of hydrogen-bond donors (Lipinski definition) is 3. The summed E-state index contributed by atoms with van der Waals surface area (Å²) in [6.07, 6.45) is 1.47. The van der Waals surface area contributed by atoms with Gasteiger partial charge in [0.1, 0.15) is 18.0 Å². The Morgan fingerprint density at radius 2 is 2.35 bits per heavy atom. The summed E-state index contributed by atoms with van der Waals surface area (Å²) in [6, 6.07) is 6.39. The van der Waals surface area contributed by atoms with Crippen LogP contribution < -0.4 is 11.2 Å². The van der Waals surface area contributed by atoms with Crippen LogP contribution in [-0.4, -0.2) is 17.4 Å². The average molecular weight is 233 g/mol. The fraction of sp³-hybridized carbons (Fsp3) is 0.0909. The van der Waals surface area contributed by atoms with Gasteiger partial charge in [0.05, 0.1) is 6.21 Å². The maximum Gasteiger partial charge on any atom is 0.332 e. The van der Waals surface area contributed by atoms with Gasteiger partial charge in [-0.1, -0.05) is 0 Å². The van der Waals surface area contributed by atoms with Gasteiger partial charge in [0, 0.05) is 5.39 Å². The van der Waals surface area contributed by atoms with E-state index in [0.29, 0.717) is 11.3 Å². The van der Waals surface area contributed by atoms with Crippen LogP contribution in [0.15, 0.2) is 33.8 Å². The van der Waals surface area contributed by atoms with Gasteiger partial charge in [-0.05, 0) is 29.8 Å². The molecule has 0 bridgehead atoms. The zero-order chi connectivity index (χ0) is 12.3. The van der Waals surface area contributed by atoms with E-state index in [1.807, 2.05) is 6.07 Å². The maximum absolute atomic E-state index is 10.4. The number of benzene rings is 1. The summed E-state index contributed by atoms with van der Waals surface area (Å²) in [5.41, 5.74) is 8.44. The summed E-state index contributed by atoms with van der Waals surface area (Å²) in [4.78, 5) is 10.4. The lowest BCUT2D eigenvalue weighted by Gasteiger charge is -1.93. The van der Waals surface area contributed by atoms with Crippen molar-refractivity contribution in [3.8, 4) is 0 Å². The van der Waals surface area contributed by atoms with E-state index in [-0.39, 0.29) is 6.61 Å². The summed E-state index contributed by atoms with van der Waals surface area (Å²) >= 11 is 0. The summed E-state index contributed by atoms with van der Waals surface area (Å²) in [5.74, 6) is 0.504. The zero-order valence-electron chi connectivity index (χ0n) is 8.88. The number of carbonyl (C=O) groups is 1. The molecule has 0 saturated carbocycles. The molecular weight excluding hydrogens is 222 g/mol. The van der Waals surface area contributed by atoms with Gasteiger partial charge in [0.2, 0.25) is 0 Å². The van der Waals surface area contributed by atoms with Crippen LogP contribution in [-0.2, 0) is 6.61 Å². The lowest BCUT2D eigenvalue weighted by atomic mass is 10.2. The van der Waals surface area contributed by atoms with Crippen molar-refractivity contribution < 1.29 is 14.3 Å². The molecule has 0 saturated heterocycles. The first-order chi connectivity index (χ1) is 8.19. The van der Waals surface area contributed by atoms with Gasteiger partial charge in [0.15, 0.2) is 0 Å². The molecule has 2 aromatic rings. The number of hydrazone groups is 1. The number of hydrogen-bond acceptors (Lipinski definition) is 4. The molecule has 2 rings (SSSR count). The van der Waals surface area contributed by atoms with Gasteiger partial charge in [-0.25, -0.2) is 10.2 Å². The Bertz CT molecular complexity index is 574. The Morgan fingerprint density at radius 1 is 1.53 bits per heavy atom. The Morgan fingerprint density at radius 3 is 3.06 bits per heavy atom. The number of primary amides is 1. The smallest absolute Gasteiger partial charge is 0.332 e. The van der Waals surface area contributed by atoms with Gasteiger partial charge in [-0.2, -0.15) is 5.10 Å². The Kier molecular flexibility index (Phi) is 3.06. The minimum Gasteiger partial charge on any atom is -0.459 e. The van der Waals surface area contributed by atoms with Crippen molar-refractivity contribution in [2.45, 2.75) is 6.61 Å². The van der Waals surface area contributed by atoms with Crippen molar-refractivity contribution in [2.24, 2.45) is 10.8 Å². The number of nitrogens with one attached hydrogen (secondary N) is 1. The van der Waals surface area contributed by atoms with Gasteiger partial charge in [-0.15, -0.1) is 0 Å². The summed E-state index contributed by atoms with van der Waals surface area (Å²) in [5, 5.41) is 13.4. The molecular formula is C11H11N3O3. The molecule has 6 heteroatoms. The SMILES string of the molecule is NC(=O)NN=Cc1ccc2oc(CO)cc2c1. The Balaban J connectivity index is 2.24. The van der Waals surface area contributed by atoms with E-state index in [0.717, 1.165) is 10.9 Å². The molecule has 0 unspecified atom stereocenters. The van der Waals surface area contributed by atoms with Crippen LogP contribution in [0.2, 0.25) is 0 Å². The van der Waals surface area contributed by atoms with Crippen molar-refractivity contribution in [1.29, 1.82) is 0 Å². The van der Waals surface area contributed by atoms with Crippen LogP contribution in [0.5, 0.6) is 0 Å². The van der Waals surface area contributed by atoms with Gasteiger partial charge in [0.25, 0.3) is 0 Å². The van der Waals surface area contributed by atoms with Crippen molar-refractivity contribution in [3.05, 3.63) is 35.6 Å². The highest BCUT2D eigenvalue weighted by Gasteiger charge is 2.02. The van der Waals surface area contributed by atoms with E-state index in [1.165, 1.54) is 6.21 Å². The molecule has 6 nitrogen and oxygen atoms in total. The predicted molar refractivity (Wildman–Crippen MR) is 62.4 cm³/mol. The van der Waals surface area contributed by atoms with Gasteiger partial charge < -0.3 is 15.3 Å². The molecule has 0 aliphatic rings. The molecule has 1 heterocycles. The normalized spacial score (nSPS) is 11.1. The number of aliphatic hydroxyl groups is 1. The molecule has 4 N–H and O–H groups in total. The lowest BCUT2D eigenvalue weighted by Crippen LogP contribution is -2.24. The van der Waals surface area contributed by atoms with Gasteiger partial charge >= 0.3 is 6.03 Å². The van der Waals surface area contributed by atoms with E-state index in [9.17, 15) is 4.79 Å². The van der Waals surface area contributed by atoms with Gasteiger partial charge in [-0.3, -0.25) is 0 Å². The fourth-order valence-corrected chi connectivity index (χ4v) is 1.45. The zero-order valence-corrected chi connectivity index (χ0v) is 8.88. The van der Waals surface area contributed by atoms with E-state index >= 15 is 0 Å². The third-order valence-corrected chi connectivity index (χ3v) is 2.14. The van der Waals surface area contributed by atoms with Crippen molar-refractivity contribution in [3.63, 3.8) is 0 Å². The van der Waals surface area contributed by atoms with Crippen LogP contribution in [0.4, 0.5) is 4.79 Å². The molecule has 1 aromatic carbocycles. The number of furan rings is 1. The van der Waals surface area contributed by atoms with Crippen LogP contribution in [0, 0.1) is 0 Å². The molecule has 1 aromatic heterocycles. The number of amides is 2. The second-order valence-corrected chi connectivity index (χ2v) is 3.40. The largest absolute Gasteiger partial charge is 0.459 e. The molecule has 17 heavy (non-hydrogen) atoms. The number of aliphatic hydroxyl groups excluding tert-OH is 1. The average Bonchev–Trinajstić information content (AvgIpc) is 2.70. The van der Waals surface area contributed by atoms with Crippen LogP contribution in [0.25, 0.3) is 11.0 Å². The Hall–Kier alpha value is -2.34. The van der Waals surface area contributed by atoms with Crippen molar-refractivity contribution in [2.75, 3.05) is 0 Å². The number of nitrogens with zero attached hydrogens (tertiary/aromatic N) is 1. The van der Waals surface area contributed by atoms with E-state index in [1.54, 1.807) is 18.2 Å². The maximum atomic E-state index is 10.4. The molecule has 0 fully saturated rings. The quantitative estimate of drug-likeness (QED) is 0.542. The van der Waals surface area contributed by atoms with E-state index in [4.69, 9.17) is 15.3 Å². The second-order valence-electron chi connectivity index (χ2n) is 3.40. The number of urea groups is 1. The third-order valence-electron chi connectivity index (χ3n) is 2.14. The minimum absolute atomic E-state index is 0.138. The molecule has 0 atom stereocenters. The highest BCUT2D eigenvalue weighted by Crippen LogP contribution is 2.20. The number of carbonyl (C=O) groups excluding carboxylic acids is 1. The van der Waals surface area contributed by atoms with Crippen LogP contribution in [0.1, 0.15) is 11.3 Å². The fourth-order valence-electron chi connectivity index (χ4n) is 1.45. The molecule has 0 aliphatic carbocycles. The summed E-state index contributed by atoms with van der Waals surface area (Å²) < 4.78 is 5.33. The molecule has 0 aliphatic heterocycles. The van der Waals surface area contributed by atoms with Crippen LogP contribution >= 0.6 is 0 Å². The highest BCUT2D eigenvalue weighted by molar-refractivity contribution is 5.88. The number of nitrogens with two attached hydrogens (primary N) is 1. The number of fused-ring (bicyclic) bond motifs is 1. The third kappa shape index (κ3) is 2.61. The first kappa shape index (κ1) is 11.2. The Labute approximate surface area is 96.7 Å². The molecule has 0 spiro atoms. The lowest BCUT2D eigenvalue weighted by molar-refractivity contribution is 0.249. The minimum atomic E-state index is -0.715. The molecule has 0 radical (unpaired) electrons. The topological polar surface area (TPSA) is 101 Å². The highest BCUT2D eigenvalue weighted by atomic mass is 16.4. The van der Waals surface area contributed by atoms with E-state index < -0.39 is 6.03 Å². The standard InChI is InChI=1S/C11H11N3O3/c12-11(16)14-13-5-7-1-2-10-8(3-7)4-9(6-15)17-10/h1-5,15H,6H2,(H3,12,14,16). The van der Waals surface area contributed by atoms with E-state index in [2.05, 4.69) is 10.5 Å². The number of rotatable bonds is 3. The first-order valence-electron chi connectivity index (χ1n) is 4.91. The van der Waals surface area contributed by atoms with Crippen LogP contribution in [0.3, 0.4) is 0 Å². The van der Waals surface area contributed by atoms with Crippen molar-refractivity contribution in [1.82, 2.24) is 5.43 Å². The summed E-state index contributed by atoms with van der Waals surface area (Å²) in [7, 11) is 0. The summed E-state index contributed by atoms with van der Waals surface area (Å²) in [6.45, 7) is -0.138. The molecule has 88 valence electrons. The molecule has 2 amide bonds. The second kappa shape index (κ2) is 4.67. The monoisotopic (exact) mass is 233 g/mol. The first-order valence-corrected chi connectivity index (χ1v) is 4.91. The van der Waals surface area contributed by atoms with Crippen molar-refractivity contribution >= 4 is 23.2 Å². The predicted octanol–water partition coefficient (Wildman–Crippen LogP) is 0.927.